The van der Waals surface area contributed by atoms with Crippen molar-refractivity contribution in [1.29, 1.82) is 0 Å². The standard InChI is InChI=1S/C12H17NO3S/c1-4-7-16-11-6-5-10(9(2)3)8-12(11)17(13,14)15/h4-6,8-9H,1,7H2,2-3H3,(H2,13,14,15). The molecule has 17 heavy (non-hydrogen) atoms. The lowest BCUT2D eigenvalue weighted by Crippen LogP contribution is -2.14. The van der Waals surface area contributed by atoms with Crippen molar-refractivity contribution < 1.29 is 13.2 Å². The second-order valence-electron chi connectivity index (χ2n) is 4.01. The minimum Gasteiger partial charge on any atom is -0.488 e. The van der Waals surface area contributed by atoms with E-state index in [0.717, 1.165) is 5.56 Å². The van der Waals surface area contributed by atoms with Crippen molar-refractivity contribution in [2.45, 2.75) is 24.7 Å². The molecule has 0 fully saturated rings. The van der Waals surface area contributed by atoms with Gasteiger partial charge in [0.1, 0.15) is 17.3 Å². The number of sulfonamides is 1. The van der Waals surface area contributed by atoms with Crippen molar-refractivity contribution in [3.63, 3.8) is 0 Å². The molecule has 0 aliphatic rings. The molecule has 0 bridgehead atoms. The Labute approximate surface area is 102 Å². The van der Waals surface area contributed by atoms with E-state index < -0.39 is 10.0 Å². The van der Waals surface area contributed by atoms with Gasteiger partial charge in [0.15, 0.2) is 0 Å². The maximum Gasteiger partial charge on any atom is 0.241 e. The van der Waals surface area contributed by atoms with Gasteiger partial charge in [0.25, 0.3) is 0 Å². The topological polar surface area (TPSA) is 69.4 Å². The summed E-state index contributed by atoms with van der Waals surface area (Å²) in [5, 5.41) is 5.16. The number of ether oxygens (including phenoxy) is 1. The summed E-state index contributed by atoms with van der Waals surface area (Å²) in [6, 6.07) is 5.01. The maximum absolute atomic E-state index is 11.5. The van der Waals surface area contributed by atoms with E-state index in [1.807, 2.05) is 19.9 Å². The first-order chi connectivity index (χ1) is 7.86. The highest BCUT2D eigenvalue weighted by Crippen LogP contribution is 2.27. The first kappa shape index (κ1) is 13.7. The van der Waals surface area contributed by atoms with E-state index in [4.69, 9.17) is 9.88 Å². The number of benzene rings is 1. The SMILES string of the molecule is C=CCOc1ccc(C(C)C)cc1S(N)(=O)=O. The van der Waals surface area contributed by atoms with Crippen LogP contribution in [0.25, 0.3) is 0 Å². The minimum atomic E-state index is -3.78. The zero-order valence-corrected chi connectivity index (χ0v) is 10.8. The molecule has 5 heteroatoms. The van der Waals surface area contributed by atoms with Gasteiger partial charge in [-0.25, -0.2) is 13.6 Å². The molecule has 0 atom stereocenters. The highest BCUT2D eigenvalue weighted by molar-refractivity contribution is 7.89. The van der Waals surface area contributed by atoms with E-state index in [0.29, 0.717) is 0 Å². The van der Waals surface area contributed by atoms with Crippen molar-refractivity contribution in [2.24, 2.45) is 5.14 Å². The molecule has 0 radical (unpaired) electrons. The van der Waals surface area contributed by atoms with E-state index in [-0.39, 0.29) is 23.2 Å². The summed E-state index contributed by atoms with van der Waals surface area (Å²) >= 11 is 0. The lowest BCUT2D eigenvalue weighted by molar-refractivity contribution is 0.353. The molecule has 0 aliphatic heterocycles. The number of hydrogen-bond acceptors (Lipinski definition) is 3. The maximum atomic E-state index is 11.5. The Kier molecular flexibility index (Phi) is 4.31. The quantitative estimate of drug-likeness (QED) is 0.818. The third-order valence-corrected chi connectivity index (χ3v) is 3.23. The number of hydrogen-bond donors (Lipinski definition) is 1. The van der Waals surface area contributed by atoms with Gasteiger partial charge < -0.3 is 4.74 Å². The molecular formula is C12H17NO3S. The molecule has 0 amide bonds. The van der Waals surface area contributed by atoms with E-state index in [1.165, 1.54) is 0 Å². The van der Waals surface area contributed by atoms with Gasteiger partial charge in [-0.15, -0.1) is 0 Å². The van der Waals surface area contributed by atoms with Gasteiger partial charge in [0.2, 0.25) is 10.0 Å². The Morgan fingerprint density at radius 1 is 1.47 bits per heavy atom. The molecule has 1 aromatic rings. The van der Waals surface area contributed by atoms with Crippen molar-refractivity contribution >= 4 is 10.0 Å². The fraction of sp³-hybridized carbons (Fsp3) is 0.333. The average Bonchev–Trinajstić information content (AvgIpc) is 2.24. The van der Waals surface area contributed by atoms with Gasteiger partial charge >= 0.3 is 0 Å². The van der Waals surface area contributed by atoms with E-state index in [2.05, 4.69) is 6.58 Å². The summed E-state index contributed by atoms with van der Waals surface area (Å²) in [4.78, 5) is 0.0190. The third-order valence-electron chi connectivity index (χ3n) is 2.30. The predicted octanol–water partition coefficient (Wildman–Crippen LogP) is 2.02. The molecule has 0 aromatic heterocycles. The summed E-state index contributed by atoms with van der Waals surface area (Å²) < 4.78 is 28.2. The minimum absolute atomic E-state index is 0.0190. The first-order valence-corrected chi connectivity index (χ1v) is 6.81. The Balaban J connectivity index is 3.27. The highest BCUT2D eigenvalue weighted by Gasteiger charge is 2.16. The number of rotatable bonds is 5. The second kappa shape index (κ2) is 5.33. The molecule has 0 saturated carbocycles. The lowest BCUT2D eigenvalue weighted by Gasteiger charge is -2.12. The summed E-state index contributed by atoms with van der Waals surface area (Å²) in [5.41, 5.74) is 0.903. The Bertz CT molecular complexity index is 506. The Morgan fingerprint density at radius 3 is 2.59 bits per heavy atom. The van der Waals surface area contributed by atoms with Gasteiger partial charge in [0, 0.05) is 0 Å². The fourth-order valence-electron chi connectivity index (χ4n) is 1.37. The smallest absolute Gasteiger partial charge is 0.241 e. The first-order valence-electron chi connectivity index (χ1n) is 5.26. The monoisotopic (exact) mass is 255 g/mol. The summed E-state index contributed by atoms with van der Waals surface area (Å²) in [6.07, 6.45) is 1.54. The Hall–Kier alpha value is -1.33. The third kappa shape index (κ3) is 3.57. The largest absolute Gasteiger partial charge is 0.488 e. The van der Waals surface area contributed by atoms with Crippen LogP contribution in [-0.2, 0) is 10.0 Å². The molecule has 0 spiro atoms. The molecule has 0 aliphatic carbocycles. The zero-order valence-electron chi connectivity index (χ0n) is 10.0. The predicted molar refractivity (Wildman–Crippen MR) is 67.6 cm³/mol. The van der Waals surface area contributed by atoms with Gasteiger partial charge in [0.05, 0.1) is 0 Å². The Morgan fingerprint density at radius 2 is 2.12 bits per heavy atom. The van der Waals surface area contributed by atoms with Crippen molar-refractivity contribution in [1.82, 2.24) is 0 Å². The molecular weight excluding hydrogens is 238 g/mol. The van der Waals surface area contributed by atoms with E-state index >= 15 is 0 Å². The fourth-order valence-corrected chi connectivity index (χ4v) is 2.08. The molecule has 94 valence electrons. The van der Waals surface area contributed by atoms with Crippen LogP contribution in [0, 0.1) is 0 Å². The summed E-state index contributed by atoms with van der Waals surface area (Å²) in [7, 11) is -3.78. The van der Waals surface area contributed by atoms with Crippen LogP contribution in [0.4, 0.5) is 0 Å². The van der Waals surface area contributed by atoms with Crippen molar-refractivity contribution in [2.75, 3.05) is 6.61 Å². The number of primary sulfonamides is 1. The molecule has 0 saturated heterocycles. The van der Waals surface area contributed by atoms with Gasteiger partial charge in [-0.05, 0) is 23.6 Å². The van der Waals surface area contributed by atoms with E-state index in [9.17, 15) is 8.42 Å². The second-order valence-corrected chi connectivity index (χ2v) is 5.54. The normalized spacial score (nSPS) is 11.5. The number of nitrogens with two attached hydrogens (primary N) is 1. The molecule has 0 heterocycles. The molecule has 2 N–H and O–H groups in total. The van der Waals surface area contributed by atoms with Crippen LogP contribution < -0.4 is 9.88 Å². The van der Waals surface area contributed by atoms with Crippen LogP contribution in [0.3, 0.4) is 0 Å². The highest BCUT2D eigenvalue weighted by atomic mass is 32.2. The van der Waals surface area contributed by atoms with Crippen LogP contribution in [0.15, 0.2) is 35.7 Å². The van der Waals surface area contributed by atoms with E-state index in [1.54, 1.807) is 18.2 Å². The zero-order chi connectivity index (χ0) is 13.1. The van der Waals surface area contributed by atoms with Gasteiger partial charge in [-0.1, -0.05) is 32.6 Å². The van der Waals surface area contributed by atoms with Crippen molar-refractivity contribution in [3.05, 3.63) is 36.4 Å². The molecule has 0 unspecified atom stereocenters. The van der Waals surface area contributed by atoms with Crippen molar-refractivity contribution in [3.8, 4) is 5.75 Å². The van der Waals surface area contributed by atoms with Crippen LogP contribution >= 0.6 is 0 Å². The summed E-state index contributed by atoms with van der Waals surface area (Å²) in [5.74, 6) is 0.487. The summed E-state index contributed by atoms with van der Waals surface area (Å²) in [6.45, 7) is 7.70. The average molecular weight is 255 g/mol. The molecule has 4 nitrogen and oxygen atoms in total. The van der Waals surface area contributed by atoms with Gasteiger partial charge in [-0.2, -0.15) is 0 Å². The van der Waals surface area contributed by atoms with Crippen LogP contribution in [0.2, 0.25) is 0 Å². The lowest BCUT2D eigenvalue weighted by atomic mass is 10.0. The molecule has 1 aromatic carbocycles. The van der Waals surface area contributed by atoms with Crippen LogP contribution in [-0.4, -0.2) is 15.0 Å². The van der Waals surface area contributed by atoms with Crippen LogP contribution in [0.1, 0.15) is 25.3 Å². The molecule has 1 rings (SSSR count). The van der Waals surface area contributed by atoms with Crippen LogP contribution in [0.5, 0.6) is 5.75 Å². The van der Waals surface area contributed by atoms with Gasteiger partial charge in [-0.3, -0.25) is 0 Å².